The van der Waals surface area contributed by atoms with Crippen molar-refractivity contribution < 1.29 is 38.2 Å². The van der Waals surface area contributed by atoms with Gasteiger partial charge in [-0.2, -0.15) is 0 Å². The molecule has 0 bridgehead atoms. The highest BCUT2D eigenvalue weighted by Crippen LogP contribution is 2.26. The summed E-state index contributed by atoms with van der Waals surface area (Å²) in [7, 11) is 0.688. The zero-order chi connectivity index (χ0) is 22.1. The van der Waals surface area contributed by atoms with Crippen molar-refractivity contribution >= 4 is 17.7 Å². The molecule has 0 spiro atoms. The van der Waals surface area contributed by atoms with Crippen LogP contribution < -0.4 is 28.0 Å². The van der Waals surface area contributed by atoms with Gasteiger partial charge in [-0.15, -0.1) is 10.2 Å². The lowest BCUT2D eigenvalue weighted by atomic mass is 10.1. The van der Waals surface area contributed by atoms with Crippen LogP contribution in [0.25, 0.3) is 21.6 Å². The summed E-state index contributed by atoms with van der Waals surface area (Å²) in [6.07, 6.45) is 1.84. The third-order valence-electron chi connectivity index (χ3n) is 3.70. The number of ether oxygens (including phenoxy) is 1. The normalized spacial score (nSPS) is 11.4. The van der Waals surface area contributed by atoms with Gasteiger partial charge in [-0.25, -0.2) is 18.6 Å². The first-order valence-corrected chi connectivity index (χ1v) is 10.7. The molecule has 0 amide bonds. The molecule has 0 atom stereocenters. The van der Waals surface area contributed by atoms with Gasteiger partial charge in [0.1, 0.15) is 5.75 Å². The molecule has 0 aliphatic rings. The standard InChI is InChI=1S/C21H21N2OS.ClHO4/c1-23(2)15-22-21-19(16-7-5-4-6-8-16)13-14-20(25-21)17-9-11-18(24-3)12-10-17;2-1(3,4)5/h4-15H,1-3H3;(H,2,3,4,5)/q+1;/p-1. The Morgan fingerprint density at radius 3 is 2.00 bits per heavy atom. The Kier molecular flexibility index (Phi) is 8.67. The number of methoxy groups -OCH3 is 1. The van der Waals surface area contributed by atoms with Crippen molar-refractivity contribution in [2.24, 2.45) is 4.99 Å². The molecule has 7 nitrogen and oxygen atoms in total. The van der Waals surface area contributed by atoms with Gasteiger partial charge in [-0.1, -0.05) is 41.7 Å². The maximum atomic E-state index is 8.49. The van der Waals surface area contributed by atoms with Crippen molar-refractivity contribution in [2.45, 2.75) is 0 Å². The van der Waals surface area contributed by atoms with Gasteiger partial charge >= 0.3 is 0 Å². The molecule has 0 fully saturated rings. The molecule has 0 aliphatic carbocycles. The van der Waals surface area contributed by atoms with Crippen LogP contribution in [0.1, 0.15) is 0 Å². The number of hydrogen-bond acceptors (Lipinski definition) is 6. The molecule has 9 heteroatoms. The zero-order valence-electron chi connectivity index (χ0n) is 16.7. The minimum Gasteiger partial charge on any atom is -0.497 e. The van der Waals surface area contributed by atoms with Crippen LogP contribution in [0.2, 0.25) is 0 Å². The first kappa shape index (κ1) is 23.7. The first-order chi connectivity index (χ1) is 14.2. The fourth-order valence-corrected chi connectivity index (χ4v) is 3.43. The van der Waals surface area contributed by atoms with E-state index in [1.807, 2.05) is 43.2 Å². The highest BCUT2D eigenvalue weighted by atomic mass is 35.7. The van der Waals surface area contributed by atoms with E-state index in [0.29, 0.717) is 0 Å². The van der Waals surface area contributed by atoms with Crippen LogP contribution in [-0.2, 0) is 0 Å². The zero-order valence-corrected chi connectivity index (χ0v) is 18.2. The molecule has 0 N–H and O–H groups in total. The highest BCUT2D eigenvalue weighted by Gasteiger charge is 2.08. The lowest BCUT2D eigenvalue weighted by Crippen LogP contribution is -2.68. The fourth-order valence-electron chi connectivity index (χ4n) is 2.44. The number of nitrogens with zero attached hydrogens (tertiary/aromatic N) is 2. The summed E-state index contributed by atoms with van der Waals surface area (Å²) in [5.41, 5.74) is 3.47. The Bertz CT molecular complexity index is 1040. The van der Waals surface area contributed by atoms with E-state index in [0.717, 1.165) is 21.5 Å². The van der Waals surface area contributed by atoms with Gasteiger partial charge in [0.25, 0.3) is 6.34 Å². The Hall–Kier alpha value is -2.59. The molecule has 0 saturated carbocycles. The summed E-state index contributed by atoms with van der Waals surface area (Å²) in [5.74, 6) is 0.862. The van der Waals surface area contributed by atoms with Crippen LogP contribution >= 0.6 is 11.3 Å². The van der Waals surface area contributed by atoms with Crippen molar-refractivity contribution in [1.29, 1.82) is 0 Å². The van der Waals surface area contributed by atoms with Gasteiger partial charge < -0.3 is 4.74 Å². The van der Waals surface area contributed by atoms with Gasteiger partial charge in [-0.05, 0) is 52.5 Å². The van der Waals surface area contributed by atoms with Crippen molar-refractivity contribution in [3.05, 3.63) is 71.4 Å². The molecule has 2 aromatic carbocycles. The van der Waals surface area contributed by atoms with E-state index in [1.54, 1.807) is 18.4 Å². The van der Waals surface area contributed by atoms with Gasteiger partial charge in [0, 0.05) is 10.4 Å². The predicted octanol–water partition coefficient (Wildman–Crippen LogP) is -0.464. The van der Waals surface area contributed by atoms with Crippen LogP contribution in [-0.4, -0.2) is 32.1 Å². The quantitative estimate of drug-likeness (QED) is 0.304. The van der Waals surface area contributed by atoms with Crippen LogP contribution in [0.5, 0.6) is 5.75 Å². The topological polar surface area (TPSA) is 117 Å². The van der Waals surface area contributed by atoms with E-state index in [4.69, 9.17) is 28.4 Å². The van der Waals surface area contributed by atoms with E-state index in [1.165, 1.54) is 10.4 Å². The minimum absolute atomic E-state index is 0.862. The van der Waals surface area contributed by atoms with E-state index < -0.39 is 10.2 Å². The molecule has 3 aromatic rings. The van der Waals surface area contributed by atoms with Crippen molar-refractivity contribution in [1.82, 2.24) is 0 Å². The molecule has 0 saturated heterocycles. The van der Waals surface area contributed by atoms with Crippen molar-refractivity contribution in [3.63, 3.8) is 0 Å². The van der Waals surface area contributed by atoms with Gasteiger partial charge in [-0.3, -0.25) is 4.58 Å². The highest BCUT2D eigenvalue weighted by molar-refractivity contribution is 7.13. The smallest absolute Gasteiger partial charge is 0.282 e. The third kappa shape index (κ3) is 8.03. The number of rotatable bonds is 4. The minimum atomic E-state index is -4.94. The maximum Gasteiger partial charge on any atom is 0.282 e. The summed E-state index contributed by atoms with van der Waals surface area (Å²) in [5, 5.41) is 0. The first-order valence-electron chi connectivity index (χ1n) is 8.67. The van der Waals surface area contributed by atoms with Crippen LogP contribution in [0.4, 0.5) is 0 Å². The second kappa shape index (κ2) is 11.0. The molecule has 1 aromatic heterocycles. The second-order valence-electron chi connectivity index (χ2n) is 6.20. The SMILES string of the molecule is COc1ccc(-c2ccc(-c3ccccc3)c(=NC=[N+](C)C)s2)cc1.[O-][Cl+3]([O-])([O-])[O-]. The van der Waals surface area contributed by atoms with Crippen molar-refractivity contribution in [3.8, 4) is 27.3 Å². The van der Waals surface area contributed by atoms with E-state index in [-0.39, 0.29) is 0 Å². The summed E-state index contributed by atoms with van der Waals surface area (Å²) >= 11 is 1.69. The van der Waals surface area contributed by atoms with Gasteiger partial charge in [0.2, 0.25) is 4.67 Å². The average Bonchev–Trinajstić information content (AvgIpc) is 2.71. The Labute approximate surface area is 180 Å². The van der Waals surface area contributed by atoms with Crippen LogP contribution in [0, 0.1) is 10.2 Å². The third-order valence-corrected chi connectivity index (χ3v) is 4.81. The molecule has 0 unspecified atom stereocenters. The second-order valence-corrected chi connectivity index (χ2v) is 7.99. The van der Waals surface area contributed by atoms with E-state index >= 15 is 0 Å². The molecular formula is C21H21ClN2O5S. The molecule has 1 heterocycles. The summed E-state index contributed by atoms with van der Waals surface area (Å²) in [4.78, 5) is 5.87. The maximum absolute atomic E-state index is 8.49. The fraction of sp³-hybridized carbons (Fsp3) is 0.143. The van der Waals surface area contributed by atoms with Gasteiger partial charge in [0.05, 0.1) is 21.2 Å². The number of benzene rings is 2. The molecule has 3 rings (SSSR count). The summed E-state index contributed by atoms with van der Waals surface area (Å²) in [6, 6.07) is 22.8. The number of hydrogen-bond donors (Lipinski definition) is 0. The molecule has 0 radical (unpaired) electrons. The lowest BCUT2D eigenvalue weighted by molar-refractivity contribution is -2.00. The largest absolute Gasteiger partial charge is 0.497 e. The Balaban J connectivity index is 0.000000575. The van der Waals surface area contributed by atoms with Gasteiger partial charge in [0.15, 0.2) is 0 Å². The molecular weight excluding hydrogens is 428 g/mol. The van der Waals surface area contributed by atoms with E-state index in [2.05, 4.69) is 48.5 Å². The summed E-state index contributed by atoms with van der Waals surface area (Å²) in [6.45, 7) is 0. The van der Waals surface area contributed by atoms with E-state index in [9.17, 15) is 0 Å². The molecule has 30 heavy (non-hydrogen) atoms. The Morgan fingerprint density at radius 1 is 0.867 bits per heavy atom. The predicted molar refractivity (Wildman–Crippen MR) is 105 cm³/mol. The molecule has 158 valence electrons. The van der Waals surface area contributed by atoms with Crippen LogP contribution in [0.15, 0.2) is 71.7 Å². The van der Waals surface area contributed by atoms with Crippen LogP contribution in [0.3, 0.4) is 0 Å². The summed E-state index contributed by atoms with van der Waals surface area (Å²) < 4.78 is 42.2. The average molecular weight is 449 g/mol. The monoisotopic (exact) mass is 448 g/mol. The van der Waals surface area contributed by atoms with Crippen molar-refractivity contribution in [2.75, 3.05) is 21.2 Å². The molecule has 0 aliphatic heterocycles. The Morgan fingerprint density at radius 2 is 1.47 bits per heavy atom. The number of halogens is 1. The lowest BCUT2D eigenvalue weighted by Gasteiger charge is -2.17.